The summed E-state index contributed by atoms with van der Waals surface area (Å²) < 4.78 is 0. The number of carbonyl (C=O) groups is 1. The number of rotatable bonds is 0. The van der Waals surface area contributed by atoms with E-state index in [4.69, 9.17) is 9.90 Å². The normalized spacial score (nSPS) is 3.12. The van der Waals surface area contributed by atoms with E-state index in [1.54, 1.807) is 0 Å². The van der Waals surface area contributed by atoms with Crippen LogP contribution in [0.15, 0.2) is 0 Å². The number of hydrogen-bond acceptors (Lipinski definition) is 1. The third-order valence-electron chi connectivity index (χ3n) is 0. The molecule has 0 amide bonds. The molecule has 0 bridgehead atoms. The van der Waals surface area contributed by atoms with E-state index in [1.165, 1.54) is 0 Å². The molecule has 0 atom stereocenters. The molecule has 0 unspecified atom stereocenters. The molecule has 55 valence electrons. The van der Waals surface area contributed by atoms with E-state index in [0.29, 0.717) is 0 Å². The van der Waals surface area contributed by atoms with E-state index >= 15 is 0 Å². The van der Waals surface area contributed by atoms with E-state index in [2.05, 4.69) is 0 Å². The van der Waals surface area contributed by atoms with Crippen LogP contribution in [-0.2, 0) is 21.6 Å². The minimum absolute atomic E-state index is 0. The maximum atomic E-state index is 9.00. The van der Waals surface area contributed by atoms with Crippen LogP contribution in [0.5, 0.6) is 0 Å². The Kier molecular flexibility index (Phi) is 103. The molecular formula is C2H8Cl2CoO2Sn. The van der Waals surface area contributed by atoms with E-state index < -0.39 is 5.97 Å². The molecule has 0 aliphatic heterocycles. The van der Waals surface area contributed by atoms with Gasteiger partial charge in [-0.1, -0.05) is 0 Å². The van der Waals surface area contributed by atoms with Gasteiger partial charge in [0.15, 0.2) is 0 Å². The summed E-state index contributed by atoms with van der Waals surface area (Å²) in [7, 11) is 0. The van der Waals surface area contributed by atoms with Crippen molar-refractivity contribution in [3.8, 4) is 0 Å². The van der Waals surface area contributed by atoms with Gasteiger partial charge >= 0.3 is 23.9 Å². The molecule has 1 N–H and O–H groups in total. The second-order valence-corrected chi connectivity index (χ2v) is 0.519. The molecule has 0 rings (SSSR count). The van der Waals surface area contributed by atoms with Gasteiger partial charge in [-0.2, -0.15) is 0 Å². The molecule has 0 spiro atoms. The number of aliphatic carboxylic acids is 1. The SMILES string of the molecule is CC(=O)O.Cl.Cl.[Co].[SnH2]. The Balaban J connectivity index is -0.00000000750. The molecular weight excluding hydrogens is 305 g/mol. The monoisotopic (exact) mass is 313 g/mol. The number of carboxylic acid groups (broad SMARTS) is 1. The van der Waals surface area contributed by atoms with E-state index in [1.807, 2.05) is 0 Å². The molecule has 3 radical (unpaired) electrons. The van der Waals surface area contributed by atoms with Gasteiger partial charge in [0.2, 0.25) is 0 Å². The first-order chi connectivity index (χ1) is 1.73. The van der Waals surface area contributed by atoms with Crippen molar-refractivity contribution < 1.29 is 26.7 Å². The van der Waals surface area contributed by atoms with E-state index in [-0.39, 0.29) is 65.5 Å². The van der Waals surface area contributed by atoms with Crippen molar-refractivity contribution in [2.45, 2.75) is 6.92 Å². The van der Waals surface area contributed by atoms with Gasteiger partial charge in [-0.05, 0) is 0 Å². The first-order valence-corrected chi connectivity index (χ1v) is 0.928. The first kappa shape index (κ1) is 34.4. The van der Waals surface area contributed by atoms with Crippen LogP contribution in [0.25, 0.3) is 0 Å². The molecule has 0 fully saturated rings. The van der Waals surface area contributed by atoms with Crippen LogP contribution in [0.2, 0.25) is 0 Å². The molecule has 0 saturated heterocycles. The number of carboxylic acids is 1. The average molecular weight is 313 g/mol. The van der Waals surface area contributed by atoms with Gasteiger partial charge in [0.25, 0.3) is 5.97 Å². The maximum absolute atomic E-state index is 9.00. The fraction of sp³-hybridized carbons (Fsp3) is 0.500. The zero-order chi connectivity index (χ0) is 3.58. The van der Waals surface area contributed by atoms with Crippen molar-refractivity contribution in [1.82, 2.24) is 0 Å². The molecule has 0 aromatic rings. The summed E-state index contributed by atoms with van der Waals surface area (Å²) in [6.07, 6.45) is 0. The van der Waals surface area contributed by atoms with Gasteiger partial charge in [-0.15, -0.1) is 24.8 Å². The first-order valence-electron chi connectivity index (χ1n) is 0.928. The molecule has 0 aliphatic carbocycles. The molecule has 6 heteroatoms. The summed E-state index contributed by atoms with van der Waals surface area (Å²) in [4.78, 5) is 9.00. The van der Waals surface area contributed by atoms with Gasteiger partial charge in [-0.3, -0.25) is 4.79 Å². The summed E-state index contributed by atoms with van der Waals surface area (Å²) in [6.45, 7) is 1.08. The van der Waals surface area contributed by atoms with Crippen LogP contribution in [0.4, 0.5) is 0 Å². The van der Waals surface area contributed by atoms with Crippen molar-refractivity contribution in [1.29, 1.82) is 0 Å². The Morgan fingerprint density at radius 1 is 1.38 bits per heavy atom. The number of halogens is 2. The molecule has 8 heavy (non-hydrogen) atoms. The molecule has 0 aliphatic rings. The molecule has 2 nitrogen and oxygen atoms in total. The second-order valence-electron chi connectivity index (χ2n) is 0.519. The predicted octanol–water partition coefficient (Wildman–Crippen LogP) is 0.0158. The van der Waals surface area contributed by atoms with E-state index in [0.717, 1.165) is 6.92 Å². The second kappa shape index (κ2) is 23.8. The van der Waals surface area contributed by atoms with Gasteiger partial charge in [-0.25, -0.2) is 0 Å². The van der Waals surface area contributed by atoms with Crippen molar-refractivity contribution in [2.24, 2.45) is 0 Å². The van der Waals surface area contributed by atoms with Crippen LogP contribution in [0.3, 0.4) is 0 Å². The Morgan fingerprint density at radius 2 is 1.38 bits per heavy atom. The van der Waals surface area contributed by atoms with Gasteiger partial charge < -0.3 is 5.11 Å². The zero-order valence-corrected chi connectivity index (χ0v) is 10.9. The fourth-order valence-electron chi connectivity index (χ4n) is 0. The summed E-state index contributed by atoms with van der Waals surface area (Å²) in [5, 5.41) is 7.42. The van der Waals surface area contributed by atoms with Crippen LogP contribution in [0, 0.1) is 0 Å². The predicted molar refractivity (Wildman–Crippen MR) is 36.3 cm³/mol. The van der Waals surface area contributed by atoms with Crippen LogP contribution >= 0.6 is 24.8 Å². The third kappa shape index (κ3) is 162. The number of hydrogen-bond donors (Lipinski definition) is 1. The van der Waals surface area contributed by atoms with Gasteiger partial charge in [0.05, 0.1) is 0 Å². The van der Waals surface area contributed by atoms with Crippen LogP contribution in [0.1, 0.15) is 6.92 Å². The zero-order valence-electron chi connectivity index (χ0n) is 4.21. The summed E-state index contributed by atoms with van der Waals surface area (Å²) in [6, 6.07) is 0. The van der Waals surface area contributed by atoms with E-state index in [9.17, 15) is 0 Å². The Bertz CT molecular complexity index is 41.0. The summed E-state index contributed by atoms with van der Waals surface area (Å²) in [5.41, 5.74) is 0. The average Bonchev–Trinajstić information content (AvgIpc) is 0.811. The molecule has 0 saturated carbocycles. The fourth-order valence-corrected chi connectivity index (χ4v) is 0. The topological polar surface area (TPSA) is 37.3 Å². The Morgan fingerprint density at radius 3 is 1.38 bits per heavy atom. The molecule has 0 aromatic carbocycles. The summed E-state index contributed by atoms with van der Waals surface area (Å²) in [5.74, 6) is -0.833. The Labute approximate surface area is 87.8 Å². The quantitative estimate of drug-likeness (QED) is 0.640. The van der Waals surface area contributed by atoms with Crippen LogP contribution < -0.4 is 0 Å². The van der Waals surface area contributed by atoms with Gasteiger partial charge in [0.1, 0.15) is 0 Å². The minimum atomic E-state index is -0.833. The third-order valence-corrected chi connectivity index (χ3v) is 0. The standard InChI is InChI=1S/C2H4O2.2ClH.Co.Sn.2H/c1-2(3)4;;;;;;/h1H3,(H,3,4);2*1H;;;;. The van der Waals surface area contributed by atoms with Gasteiger partial charge in [0, 0.05) is 23.7 Å². The summed E-state index contributed by atoms with van der Waals surface area (Å²) >= 11 is 0. The van der Waals surface area contributed by atoms with Crippen LogP contribution in [-0.4, -0.2) is 35.0 Å². The van der Waals surface area contributed by atoms with Crippen molar-refractivity contribution in [3.05, 3.63) is 0 Å². The molecule has 0 heterocycles. The van der Waals surface area contributed by atoms with Crippen molar-refractivity contribution in [2.75, 3.05) is 0 Å². The van der Waals surface area contributed by atoms with Crippen molar-refractivity contribution >= 4 is 54.7 Å². The van der Waals surface area contributed by atoms with Crippen molar-refractivity contribution in [3.63, 3.8) is 0 Å². The molecule has 0 aromatic heterocycles. The Hall–Kier alpha value is 1.36.